The molecular formula is C85H151N5O25. The van der Waals surface area contributed by atoms with Gasteiger partial charge in [-0.25, -0.2) is 0 Å². The van der Waals surface area contributed by atoms with Gasteiger partial charge in [-0.2, -0.15) is 0 Å². The molecular weight excluding hydrogens is 1490 g/mol. The Morgan fingerprint density at radius 3 is 1.27 bits per heavy atom. The molecule has 15 atom stereocenters. The molecule has 0 aliphatic carbocycles. The lowest BCUT2D eigenvalue weighted by Gasteiger charge is -2.30. The third-order valence-corrected chi connectivity index (χ3v) is 19.5. The van der Waals surface area contributed by atoms with E-state index in [2.05, 4.69) is 47.3 Å². The lowest BCUT2D eigenvalue weighted by Crippen LogP contribution is -2.43. The van der Waals surface area contributed by atoms with E-state index in [0.717, 1.165) is 117 Å². The molecule has 30 nitrogen and oxygen atoms in total. The number of methoxy groups -OCH3 is 2. The molecule has 0 spiro atoms. The standard InChI is InChI=1S/C14H20O2.C12H22O4.C11H19N3O3.C11H21NO3.C11H20O4.C6H12O2.C5H11NO2.C5H8O2.C5H10O2.C5H8O/c1-11(12-5-3-2-4-6-12)9-13-10-16-8-7-14(13)15;1-12(2,3)16-11(13)7-9-8-15-6-5-10(9)14-4;1-11(2,3)17-10(15)6-8-7-16-5-4-9(8)13-14-12;2*1-11(2,3)15-10(13)6-8-7-14-5-4-9(8)12;1-7-6-2-4-8-5-3-6;6-4-3-8-2-1-5(4)7;1-2-6-3-5-4(1)7-5;6-5-1-3-7-4-2-5;1-2-4-6-5-3-1/h2-6,11,13-15H,7-10H2,1H3;9-10H,5-8H2,1-4H3;8-9H,4-7H2,1-3H3;8-9H,4-7,12H2,1-3H3;8-9,12H,4-7H2,1-3H3;6H,2-5H2,1H3;4-5,7H,1-3,6H2;4-5H,1-3H2;5-6H,1-4H2;1-2H,3-5H2/t11-,13+,14+;9-,10-;2*8-,9+;8-,9-;;4-,5-;;;/m10000.0.../s1. The molecule has 8 N–H and O–H groups in total. The molecule has 0 amide bonds. The summed E-state index contributed by atoms with van der Waals surface area (Å²) in [7, 11) is 3.44. The number of carbonyl (C=O) groups is 4. The summed E-state index contributed by atoms with van der Waals surface area (Å²) in [6.45, 7) is 38.3. The summed E-state index contributed by atoms with van der Waals surface area (Å²) in [4.78, 5) is 49.2. The summed E-state index contributed by atoms with van der Waals surface area (Å²) in [5.41, 5.74) is 19.3. The lowest BCUT2D eigenvalue weighted by atomic mass is 9.86. The fourth-order valence-corrected chi connectivity index (χ4v) is 13.1. The number of epoxide rings is 1. The molecule has 0 radical (unpaired) electrons. The van der Waals surface area contributed by atoms with Crippen LogP contribution in [0.2, 0.25) is 0 Å². The highest BCUT2D eigenvalue weighted by Gasteiger charge is 2.41. The summed E-state index contributed by atoms with van der Waals surface area (Å²) in [5, 5.41) is 41.0. The van der Waals surface area contributed by atoms with E-state index in [1.165, 1.54) is 5.56 Å². The van der Waals surface area contributed by atoms with Crippen LogP contribution in [-0.2, 0) is 99.7 Å². The summed E-state index contributed by atoms with van der Waals surface area (Å²) >= 11 is 0. The number of fused-ring (bicyclic) bond motifs is 1. The molecule has 0 saturated carbocycles. The Bertz CT molecular complexity index is 2700. The molecule has 12 rings (SSSR count). The molecule has 1 aromatic rings. The van der Waals surface area contributed by atoms with Gasteiger partial charge in [0.1, 0.15) is 28.5 Å². The van der Waals surface area contributed by atoms with E-state index in [0.29, 0.717) is 142 Å². The van der Waals surface area contributed by atoms with E-state index < -0.39 is 28.5 Å². The topological polar surface area (TPSA) is 410 Å². The van der Waals surface area contributed by atoms with Crippen molar-refractivity contribution in [1.82, 2.24) is 0 Å². The largest absolute Gasteiger partial charge is 0.460 e. The predicted molar refractivity (Wildman–Crippen MR) is 435 cm³/mol. The normalized spacial score (nSPS) is 28.4. The van der Waals surface area contributed by atoms with E-state index >= 15 is 0 Å². The number of hydrogen-bond donors (Lipinski definition) is 6. The SMILES string of the molecule is C1=CCOCC1.C1CC2OC2CO1.CC(C)(C)OC(=O)C[C@H]1COCC[C@@H]1O.CC(C)(C)OC(=O)C[C@H]1COCC[C@H]1N.CC(C)(C)OC(=O)C[C@H]1COCC[C@H]1N=[N+]=[N-].COC1CCOCC1.CO[C@H]1CCOC[C@@H]1CC(=O)OC(C)(C)C.C[C@H](C[C@H]1COCC[C@@H]1O)c1ccccc1.N[C@H]1COCC[C@@H]1O.OC1CCOCC1. The predicted octanol–water partition coefficient (Wildman–Crippen LogP) is 10.2. The summed E-state index contributed by atoms with van der Waals surface area (Å²) in [6, 6.07) is 10.2. The van der Waals surface area contributed by atoms with Crippen molar-refractivity contribution in [3.05, 3.63) is 58.5 Å². The van der Waals surface area contributed by atoms with Gasteiger partial charge in [-0.15, -0.1) is 0 Å². The molecule has 2 unspecified atom stereocenters. The number of nitrogens with zero attached hydrogens (tertiary/aromatic N) is 3. The Morgan fingerprint density at radius 2 is 0.878 bits per heavy atom. The van der Waals surface area contributed by atoms with Crippen LogP contribution in [0.5, 0.6) is 0 Å². The van der Waals surface area contributed by atoms with Gasteiger partial charge in [0, 0.05) is 133 Å². The molecule has 10 fully saturated rings. The van der Waals surface area contributed by atoms with Gasteiger partial charge >= 0.3 is 23.9 Å². The fourth-order valence-electron chi connectivity index (χ4n) is 13.1. The minimum Gasteiger partial charge on any atom is -0.460 e. The van der Waals surface area contributed by atoms with Crippen LogP contribution in [0.3, 0.4) is 0 Å². The molecule has 11 aliphatic heterocycles. The van der Waals surface area contributed by atoms with E-state index in [1.807, 2.05) is 95.2 Å². The lowest BCUT2D eigenvalue weighted by molar-refractivity contribution is -0.160. The highest BCUT2D eigenvalue weighted by atomic mass is 16.6. The van der Waals surface area contributed by atoms with E-state index in [4.69, 9.17) is 108 Å². The van der Waals surface area contributed by atoms with Gasteiger partial charge in [0.15, 0.2) is 0 Å². The Labute approximate surface area is 686 Å². The number of ether oxygens (including phenoxy) is 17. The van der Waals surface area contributed by atoms with Gasteiger partial charge in [0.05, 0.1) is 134 Å². The van der Waals surface area contributed by atoms with Crippen molar-refractivity contribution in [2.24, 2.45) is 46.2 Å². The van der Waals surface area contributed by atoms with Gasteiger partial charge in [-0.1, -0.05) is 54.5 Å². The molecule has 30 heteroatoms. The third-order valence-electron chi connectivity index (χ3n) is 19.5. The van der Waals surface area contributed by atoms with Crippen molar-refractivity contribution < 1.29 is 120 Å². The van der Waals surface area contributed by atoms with Crippen molar-refractivity contribution in [3.8, 4) is 0 Å². The number of carbonyl (C=O) groups excluding carboxylic acids is 4. The highest BCUT2D eigenvalue weighted by molar-refractivity contribution is 5.71. The number of hydrogen-bond acceptors (Lipinski definition) is 28. The molecule has 11 aliphatic rings. The summed E-state index contributed by atoms with van der Waals surface area (Å²) in [6.07, 6.45) is 17.4. The molecule has 11 heterocycles. The molecule has 115 heavy (non-hydrogen) atoms. The number of esters is 4. The zero-order valence-corrected chi connectivity index (χ0v) is 72.4. The first-order valence-electron chi connectivity index (χ1n) is 41.8. The maximum atomic E-state index is 11.7. The van der Waals surface area contributed by atoms with Crippen LogP contribution < -0.4 is 11.5 Å². The number of nitrogens with two attached hydrogens (primary N) is 2. The second-order valence-corrected chi connectivity index (χ2v) is 34.6. The fraction of sp³-hybridized carbons (Fsp3) is 0.859. The Hall–Kier alpha value is -4.61. The van der Waals surface area contributed by atoms with Gasteiger partial charge in [-0.3, -0.25) is 19.2 Å². The Kier molecular flexibility index (Phi) is 53.1. The summed E-state index contributed by atoms with van der Waals surface area (Å²) < 4.78 is 88.3. The van der Waals surface area contributed by atoms with Crippen LogP contribution in [0.15, 0.2) is 47.6 Å². The zero-order chi connectivity index (χ0) is 85.2. The van der Waals surface area contributed by atoms with Crippen molar-refractivity contribution in [3.63, 3.8) is 0 Å². The number of rotatable bonds is 14. The minimum atomic E-state index is -0.486. The van der Waals surface area contributed by atoms with Crippen LogP contribution in [0.4, 0.5) is 0 Å². The van der Waals surface area contributed by atoms with Crippen LogP contribution >= 0.6 is 0 Å². The Balaban J connectivity index is 0.000000336. The van der Waals surface area contributed by atoms with Crippen LogP contribution in [-0.4, -0.2) is 280 Å². The molecule has 0 aromatic heterocycles. The van der Waals surface area contributed by atoms with Gasteiger partial charge in [0.2, 0.25) is 0 Å². The Morgan fingerprint density at radius 1 is 0.452 bits per heavy atom. The minimum absolute atomic E-state index is 0.0614. The number of benzene rings is 1. The smallest absolute Gasteiger partial charge is 0.306 e. The van der Waals surface area contributed by atoms with Gasteiger partial charge < -0.3 is 112 Å². The van der Waals surface area contributed by atoms with Crippen molar-refractivity contribution >= 4 is 23.9 Å². The van der Waals surface area contributed by atoms with Crippen LogP contribution in [0, 0.1) is 29.6 Å². The van der Waals surface area contributed by atoms with Crippen LogP contribution in [0.25, 0.3) is 10.4 Å². The molecule has 1 aromatic carbocycles. The maximum absolute atomic E-state index is 11.7. The monoisotopic (exact) mass is 1640 g/mol. The maximum Gasteiger partial charge on any atom is 0.306 e. The zero-order valence-electron chi connectivity index (χ0n) is 72.4. The van der Waals surface area contributed by atoms with Crippen molar-refractivity contribution in [1.29, 1.82) is 0 Å². The van der Waals surface area contributed by atoms with E-state index in [9.17, 15) is 29.4 Å². The first kappa shape index (κ1) is 105. The molecule has 666 valence electrons. The summed E-state index contributed by atoms with van der Waals surface area (Å²) in [5.74, 6) is -0.0847. The average molecular weight is 1640 g/mol. The van der Waals surface area contributed by atoms with Crippen molar-refractivity contribution in [2.75, 3.05) is 146 Å². The third kappa shape index (κ3) is 52.2. The van der Waals surface area contributed by atoms with E-state index in [1.54, 1.807) is 14.2 Å². The highest BCUT2D eigenvalue weighted by Crippen LogP contribution is 2.31. The first-order chi connectivity index (χ1) is 54.5. The average Bonchev–Trinajstić information content (AvgIpc) is 1.71. The van der Waals surface area contributed by atoms with Crippen LogP contribution in [0.1, 0.15) is 211 Å². The molecule has 10 saturated heterocycles. The van der Waals surface area contributed by atoms with Gasteiger partial charge in [0.25, 0.3) is 0 Å². The van der Waals surface area contributed by atoms with Gasteiger partial charge in [-0.05, 0) is 184 Å². The quantitative estimate of drug-likeness (QED) is 0.0192. The van der Waals surface area contributed by atoms with Crippen molar-refractivity contribution in [2.45, 2.75) is 294 Å². The second kappa shape index (κ2) is 58.4. The van der Waals surface area contributed by atoms with E-state index in [-0.39, 0.29) is 103 Å². The second-order valence-electron chi connectivity index (χ2n) is 34.6. The first-order valence-corrected chi connectivity index (χ1v) is 41.8. The number of aliphatic hydroxyl groups excluding tert-OH is 4. The number of azide groups is 1. The number of aliphatic hydroxyl groups is 4. The molecule has 0 bridgehead atoms.